The van der Waals surface area contributed by atoms with Gasteiger partial charge in [0, 0.05) is 10.9 Å². The number of hydrogen-bond donors (Lipinski definition) is 2. The SMILES string of the molecule is CCN(CC(=O)NCc1cccs1)C(C)CC(=O)O. The summed E-state index contributed by atoms with van der Waals surface area (Å²) in [7, 11) is 0. The van der Waals surface area contributed by atoms with Gasteiger partial charge < -0.3 is 10.4 Å². The van der Waals surface area contributed by atoms with E-state index in [1.165, 1.54) is 0 Å². The number of hydrogen-bond acceptors (Lipinski definition) is 4. The molecule has 0 aliphatic carbocycles. The second kappa shape index (κ2) is 7.91. The minimum atomic E-state index is -0.843. The van der Waals surface area contributed by atoms with Gasteiger partial charge in [-0.15, -0.1) is 11.3 Å². The van der Waals surface area contributed by atoms with Gasteiger partial charge in [0.15, 0.2) is 0 Å². The molecular weight excluding hydrogens is 264 g/mol. The topological polar surface area (TPSA) is 69.6 Å². The predicted molar refractivity (Wildman–Crippen MR) is 75.1 cm³/mol. The minimum Gasteiger partial charge on any atom is -0.481 e. The van der Waals surface area contributed by atoms with E-state index in [1.807, 2.05) is 36.3 Å². The number of amides is 1. The van der Waals surface area contributed by atoms with Crippen molar-refractivity contribution < 1.29 is 14.7 Å². The van der Waals surface area contributed by atoms with E-state index in [1.54, 1.807) is 11.3 Å². The van der Waals surface area contributed by atoms with Crippen LogP contribution in [-0.4, -0.2) is 41.0 Å². The van der Waals surface area contributed by atoms with Crippen LogP contribution in [0.2, 0.25) is 0 Å². The van der Waals surface area contributed by atoms with Crippen LogP contribution >= 0.6 is 11.3 Å². The molecule has 0 aromatic carbocycles. The first-order chi connectivity index (χ1) is 9.02. The molecule has 6 heteroatoms. The third-order valence-corrected chi connectivity index (χ3v) is 3.76. The zero-order chi connectivity index (χ0) is 14.3. The van der Waals surface area contributed by atoms with Crippen LogP contribution in [0.3, 0.4) is 0 Å². The van der Waals surface area contributed by atoms with Crippen molar-refractivity contribution in [3.8, 4) is 0 Å². The molecule has 1 aromatic rings. The number of carboxylic acid groups (broad SMARTS) is 1. The fourth-order valence-electron chi connectivity index (χ4n) is 1.80. The molecule has 0 aliphatic heterocycles. The van der Waals surface area contributed by atoms with Gasteiger partial charge in [0.05, 0.1) is 19.5 Å². The van der Waals surface area contributed by atoms with Gasteiger partial charge in [-0.3, -0.25) is 14.5 Å². The molecule has 1 aromatic heterocycles. The summed E-state index contributed by atoms with van der Waals surface area (Å²) >= 11 is 1.60. The van der Waals surface area contributed by atoms with E-state index in [9.17, 15) is 9.59 Å². The largest absolute Gasteiger partial charge is 0.481 e. The monoisotopic (exact) mass is 284 g/mol. The minimum absolute atomic E-state index is 0.0477. The van der Waals surface area contributed by atoms with Crippen LogP contribution in [0, 0.1) is 0 Å². The van der Waals surface area contributed by atoms with Crippen LogP contribution in [0.1, 0.15) is 25.1 Å². The van der Waals surface area contributed by atoms with E-state index >= 15 is 0 Å². The Kier molecular flexibility index (Phi) is 6.52. The van der Waals surface area contributed by atoms with Gasteiger partial charge in [0.25, 0.3) is 0 Å². The van der Waals surface area contributed by atoms with Crippen molar-refractivity contribution in [2.45, 2.75) is 32.9 Å². The number of aliphatic carboxylic acids is 1. The van der Waals surface area contributed by atoms with Crippen molar-refractivity contribution in [2.24, 2.45) is 0 Å². The third kappa shape index (κ3) is 5.85. The molecule has 19 heavy (non-hydrogen) atoms. The number of thiophene rings is 1. The molecule has 106 valence electrons. The second-order valence-electron chi connectivity index (χ2n) is 4.37. The Labute approximate surface area is 117 Å². The number of nitrogens with zero attached hydrogens (tertiary/aromatic N) is 1. The lowest BCUT2D eigenvalue weighted by Crippen LogP contribution is -2.42. The van der Waals surface area contributed by atoms with Crippen molar-refractivity contribution >= 4 is 23.2 Å². The van der Waals surface area contributed by atoms with E-state index in [0.717, 1.165) is 4.88 Å². The summed E-state index contributed by atoms with van der Waals surface area (Å²) in [5, 5.41) is 13.6. The maximum Gasteiger partial charge on any atom is 0.304 e. The summed E-state index contributed by atoms with van der Waals surface area (Å²) in [5.74, 6) is -0.919. The highest BCUT2D eigenvalue weighted by Crippen LogP contribution is 2.07. The number of carboxylic acids is 1. The summed E-state index contributed by atoms with van der Waals surface area (Å²) in [6, 6.07) is 3.77. The Morgan fingerprint density at radius 1 is 1.53 bits per heavy atom. The number of rotatable bonds is 8. The predicted octanol–water partition coefficient (Wildman–Crippen LogP) is 1.55. The van der Waals surface area contributed by atoms with Gasteiger partial charge >= 0.3 is 5.97 Å². The standard InChI is InChI=1S/C13H20N2O3S/c1-3-15(10(2)7-13(17)18)9-12(16)14-8-11-5-4-6-19-11/h4-6,10H,3,7-9H2,1-2H3,(H,14,16)(H,17,18). The van der Waals surface area contributed by atoms with Crippen molar-refractivity contribution in [2.75, 3.05) is 13.1 Å². The number of carbonyl (C=O) groups excluding carboxylic acids is 1. The van der Waals surface area contributed by atoms with Crippen LogP contribution in [0.4, 0.5) is 0 Å². The Morgan fingerprint density at radius 3 is 2.79 bits per heavy atom. The number of likely N-dealkylation sites (N-methyl/N-ethyl adjacent to an activating group) is 1. The first-order valence-electron chi connectivity index (χ1n) is 6.27. The van der Waals surface area contributed by atoms with Crippen molar-refractivity contribution in [3.63, 3.8) is 0 Å². The summed E-state index contributed by atoms with van der Waals surface area (Å²) in [6.07, 6.45) is 0.0477. The molecule has 0 bridgehead atoms. The molecule has 0 spiro atoms. The lowest BCUT2D eigenvalue weighted by molar-refractivity contribution is -0.138. The molecular formula is C13H20N2O3S. The van der Waals surface area contributed by atoms with Crippen LogP contribution in [0.5, 0.6) is 0 Å². The van der Waals surface area contributed by atoms with Crippen molar-refractivity contribution in [3.05, 3.63) is 22.4 Å². The number of nitrogens with one attached hydrogen (secondary N) is 1. The Bertz CT molecular complexity index is 406. The molecule has 0 aliphatic rings. The van der Waals surface area contributed by atoms with Crippen molar-refractivity contribution in [1.29, 1.82) is 0 Å². The number of carbonyl (C=O) groups is 2. The Balaban J connectivity index is 2.37. The molecule has 1 unspecified atom stereocenters. The zero-order valence-electron chi connectivity index (χ0n) is 11.3. The summed E-state index contributed by atoms with van der Waals surface area (Å²) in [6.45, 7) is 5.16. The van der Waals surface area contributed by atoms with Gasteiger partial charge in [-0.1, -0.05) is 13.0 Å². The lowest BCUT2D eigenvalue weighted by Gasteiger charge is -2.25. The van der Waals surface area contributed by atoms with Gasteiger partial charge in [-0.2, -0.15) is 0 Å². The highest BCUT2D eigenvalue weighted by molar-refractivity contribution is 7.09. The quantitative estimate of drug-likeness (QED) is 0.760. The normalized spacial score (nSPS) is 12.4. The second-order valence-corrected chi connectivity index (χ2v) is 5.40. The Hall–Kier alpha value is -1.40. The van der Waals surface area contributed by atoms with Gasteiger partial charge in [0.2, 0.25) is 5.91 Å². The lowest BCUT2D eigenvalue weighted by atomic mass is 10.2. The van der Waals surface area contributed by atoms with E-state index in [-0.39, 0.29) is 24.9 Å². The zero-order valence-corrected chi connectivity index (χ0v) is 12.1. The van der Waals surface area contributed by atoms with Crippen LogP contribution in [0.25, 0.3) is 0 Å². The van der Waals surface area contributed by atoms with E-state index in [2.05, 4.69) is 5.32 Å². The molecule has 0 saturated carbocycles. The molecule has 0 saturated heterocycles. The van der Waals surface area contributed by atoms with Crippen LogP contribution in [-0.2, 0) is 16.1 Å². The van der Waals surface area contributed by atoms with Gasteiger partial charge in [-0.05, 0) is 24.9 Å². The molecule has 1 rings (SSSR count). The van der Waals surface area contributed by atoms with Crippen LogP contribution in [0.15, 0.2) is 17.5 Å². The van der Waals surface area contributed by atoms with E-state index < -0.39 is 5.97 Å². The first kappa shape index (κ1) is 15.7. The van der Waals surface area contributed by atoms with Gasteiger partial charge in [-0.25, -0.2) is 0 Å². The summed E-state index contributed by atoms with van der Waals surface area (Å²) < 4.78 is 0. The molecule has 2 N–H and O–H groups in total. The molecule has 1 atom stereocenters. The molecule has 5 nitrogen and oxygen atoms in total. The molecule has 0 fully saturated rings. The molecule has 0 radical (unpaired) electrons. The van der Waals surface area contributed by atoms with Crippen LogP contribution < -0.4 is 5.32 Å². The maximum atomic E-state index is 11.8. The van der Waals surface area contributed by atoms with Crippen molar-refractivity contribution in [1.82, 2.24) is 10.2 Å². The first-order valence-corrected chi connectivity index (χ1v) is 7.15. The van der Waals surface area contributed by atoms with Gasteiger partial charge in [0.1, 0.15) is 0 Å². The molecule has 1 heterocycles. The summed E-state index contributed by atoms with van der Waals surface area (Å²) in [4.78, 5) is 25.4. The fourth-order valence-corrected chi connectivity index (χ4v) is 2.44. The highest BCUT2D eigenvalue weighted by atomic mass is 32.1. The van der Waals surface area contributed by atoms with E-state index in [0.29, 0.717) is 13.1 Å². The fraction of sp³-hybridized carbons (Fsp3) is 0.538. The average Bonchev–Trinajstić information content (AvgIpc) is 2.85. The Morgan fingerprint density at radius 2 is 2.26 bits per heavy atom. The highest BCUT2D eigenvalue weighted by Gasteiger charge is 2.17. The summed E-state index contributed by atoms with van der Waals surface area (Å²) in [5.41, 5.74) is 0. The maximum absolute atomic E-state index is 11.8. The smallest absolute Gasteiger partial charge is 0.304 e. The average molecular weight is 284 g/mol. The van der Waals surface area contributed by atoms with E-state index in [4.69, 9.17) is 5.11 Å². The third-order valence-electron chi connectivity index (χ3n) is 2.89. The molecule has 1 amide bonds.